The van der Waals surface area contributed by atoms with Crippen molar-refractivity contribution in [1.29, 1.82) is 0 Å². The lowest BCUT2D eigenvalue weighted by Gasteiger charge is -2.70. The first-order chi connectivity index (χ1) is 20.3. The molecule has 6 rings (SSSR count). The van der Waals surface area contributed by atoms with E-state index in [0.29, 0.717) is 25.0 Å². The number of carboxylic acid groups (broad SMARTS) is 1. The van der Waals surface area contributed by atoms with Crippen molar-refractivity contribution in [2.75, 3.05) is 0 Å². The Morgan fingerprint density at radius 3 is 2.25 bits per heavy atom. The van der Waals surface area contributed by atoms with E-state index in [0.717, 1.165) is 38.5 Å². The molecule has 44 heavy (non-hydrogen) atoms. The van der Waals surface area contributed by atoms with Crippen LogP contribution in [0.2, 0.25) is 0 Å². The second kappa shape index (κ2) is 9.68. The molecule has 4 saturated carbocycles. The Kier molecular flexibility index (Phi) is 6.90. The Labute approximate surface area is 260 Å². The second-order valence-corrected chi connectivity index (χ2v) is 17.0. The number of hydrogen-bond donors (Lipinski definition) is 1. The minimum atomic E-state index is -0.808. The summed E-state index contributed by atoms with van der Waals surface area (Å²) in [5.41, 5.74) is -0.672. The Balaban J connectivity index is 1.31. The lowest BCUT2D eigenvalue weighted by molar-refractivity contribution is -0.200. The summed E-state index contributed by atoms with van der Waals surface area (Å²) in [6, 6.07) is 0. The van der Waals surface area contributed by atoms with Gasteiger partial charge in [0.2, 0.25) is 0 Å². The largest absolute Gasteiger partial charge is 0.519 e. The summed E-state index contributed by atoms with van der Waals surface area (Å²) in [6.45, 7) is 17.0. The smallest absolute Gasteiger partial charge is 0.481 e. The van der Waals surface area contributed by atoms with Crippen LogP contribution in [-0.2, 0) is 25.7 Å². The molecule has 0 bridgehead atoms. The highest BCUT2D eigenvalue weighted by atomic mass is 16.6. The van der Waals surface area contributed by atoms with Crippen molar-refractivity contribution in [3.8, 4) is 0 Å². The quantitative estimate of drug-likeness (QED) is 0.353. The van der Waals surface area contributed by atoms with E-state index in [4.69, 9.17) is 13.6 Å². The molecule has 1 heterocycles. The summed E-state index contributed by atoms with van der Waals surface area (Å²) in [7, 11) is 0. The molecule has 1 N–H and O–H groups in total. The van der Waals surface area contributed by atoms with Gasteiger partial charge in [-0.1, -0.05) is 47.1 Å². The van der Waals surface area contributed by atoms with Crippen molar-refractivity contribution in [1.82, 2.24) is 0 Å². The fourth-order valence-corrected chi connectivity index (χ4v) is 11.5. The standard InChI is InChI=1S/C36H50O8/c1-20-25(44-30(41)43-20)19-42-28(38)21-9-11-34(6)26(31(21,2)3)10-12-36(8)27(34)24(37)17-22-23-18-33(5,29(39)40)14-13-32(23,4)15-16-35(22,36)7/h17,21,23,26-27H,9-16,18-19H2,1-8H3,(H,39,40)/t21-,23+,26?,27-,32-,33+,34+,35-,36-/m1/s1. The first-order valence-electron chi connectivity index (χ1n) is 16.6. The summed E-state index contributed by atoms with van der Waals surface area (Å²) in [5.74, 6) is -1.37. The molecule has 5 aliphatic carbocycles. The first-order valence-corrected chi connectivity index (χ1v) is 16.6. The monoisotopic (exact) mass is 610 g/mol. The topological polar surface area (TPSA) is 124 Å². The van der Waals surface area contributed by atoms with Crippen molar-refractivity contribution in [2.24, 2.45) is 56.2 Å². The number of carboxylic acids is 1. The summed E-state index contributed by atoms with van der Waals surface area (Å²) >= 11 is 0. The van der Waals surface area contributed by atoms with Crippen LogP contribution in [0.3, 0.4) is 0 Å². The maximum absolute atomic E-state index is 14.6. The zero-order chi connectivity index (χ0) is 32.3. The Hall–Kier alpha value is -2.64. The number of rotatable bonds is 4. The van der Waals surface area contributed by atoms with Crippen LogP contribution in [-0.4, -0.2) is 22.8 Å². The highest BCUT2D eigenvalue weighted by Gasteiger charge is 2.70. The van der Waals surface area contributed by atoms with Crippen LogP contribution in [0.15, 0.2) is 25.3 Å². The van der Waals surface area contributed by atoms with Crippen LogP contribution in [0.1, 0.15) is 118 Å². The number of aliphatic carboxylic acids is 1. The van der Waals surface area contributed by atoms with E-state index in [2.05, 4.69) is 41.5 Å². The molecule has 1 unspecified atom stereocenters. The molecule has 9 atom stereocenters. The van der Waals surface area contributed by atoms with Gasteiger partial charge in [-0.15, -0.1) is 0 Å². The van der Waals surface area contributed by atoms with Crippen LogP contribution in [0.5, 0.6) is 0 Å². The fraction of sp³-hybridized carbons (Fsp3) is 0.778. The molecule has 0 radical (unpaired) electrons. The van der Waals surface area contributed by atoms with E-state index < -0.39 is 22.6 Å². The minimum Gasteiger partial charge on any atom is -0.481 e. The Morgan fingerprint density at radius 2 is 1.61 bits per heavy atom. The lowest BCUT2D eigenvalue weighted by atomic mass is 9.33. The zero-order valence-corrected chi connectivity index (χ0v) is 27.8. The van der Waals surface area contributed by atoms with Crippen molar-refractivity contribution in [3.05, 3.63) is 33.8 Å². The summed E-state index contributed by atoms with van der Waals surface area (Å²) in [5, 5.41) is 10.2. The molecule has 0 spiro atoms. The van der Waals surface area contributed by atoms with Crippen LogP contribution >= 0.6 is 0 Å². The molecule has 0 aliphatic heterocycles. The molecule has 0 saturated heterocycles. The van der Waals surface area contributed by atoms with Crippen molar-refractivity contribution >= 4 is 17.7 Å². The predicted molar refractivity (Wildman–Crippen MR) is 162 cm³/mol. The number of allylic oxidation sites excluding steroid dienone is 2. The number of carbonyl (C=O) groups excluding carboxylic acids is 2. The van der Waals surface area contributed by atoms with Gasteiger partial charge in [0.25, 0.3) is 0 Å². The maximum atomic E-state index is 14.6. The van der Waals surface area contributed by atoms with E-state index in [1.54, 1.807) is 6.92 Å². The number of carbonyl (C=O) groups is 3. The van der Waals surface area contributed by atoms with Crippen LogP contribution in [0.25, 0.3) is 0 Å². The van der Waals surface area contributed by atoms with Gasteiger partial charge in [0, 0.05) is 5.92 Å². The highest BCUT2D eigenvalue weighted by Crippen LogP contribution is 2.75. The number of aryl methyl sites for hydroxylation is 1. The summed E-state index contributed by atoms with van der Waals surface area (Å²) < 4.78 is 15.6. The van der Waals surface area contributed by atoms with E-state index >= 15 is 0 Å². The third kappa shape index (κ3) is 4.13. The van der Waals surface area contributed by atoms with Gasteiger partial charge in [-0.05, 0) is 117 Å². The van der Waals surface area contributed by atoms with Gasteiger partial charge in [0.05, 0.1) is 11.3 Å². The maximum Gasteiger partial charge on any atom is 0.519 e. The van der Waals surface area contributed by atoms with Gasteiger partial charge in [-0.2, -0.15) is 0 Å². The molecule has 4 fully saturated rings. The SMILES string of the molecule is Cc1oc(=O)oc1COC(=O)[C@H]1CC[C@@]2(C)C(CC[C@]3(C)[C@@H]2C(=O)C=C2[C@@H]4C[C@@](C)(C(=O)O)CC[C@]4(C)CC[C@]23C)C1(C)C. The second-order valence-electron chi connectivity index (χ2n) is 17.0. The predicted octanol–water partition coefficient (Wildman–Crippen LogP) is 7.27. The molecular formula is C36H50O8. The van der Waals surface area contributed by atoms with Crippen LogP contribution in [0.4, 0.5) is 0 Å². The van der Waals surface area contributed by atoms with E-state index in [1.165, 1.54) is 5.57 Å². The number of ketones is 1. The number of fused-ring (bicyclic) bond motifs is 7. The van der Waals surface area contributed by atoms with Gasteiger partial charge in [0.1, 0.15) is 0 Å². The van der Waals surface area contributed by atoms with E-state index in [9.17, 15) is 24.3 Å². The Bertz CT molecular complexity index is 1490. The van der Waals surface area contributed by atoms with Crippen molar-refractivity contribution in [3.63, 3.8) is 0 Å². The summed E-state index contributed by atoms with van der Waals surface area (Å²) in [6.07, 6.45) is 9.37. The minimum absolute atomic E-state index is 0.0167. The van der Waals surface area contributed by atoms with Gasteiger partial charge < -0.3 is 18.7 Å². The molecule has 1 aromatic heterocycles. The number of ether oxygens (including phenoxy) is 1. The highest BCUT2D eigenvalue weighted by molar-refractivity contribution is 5.95. The van der Waals surface area contributed by atoms with Gasteiger partial charge in [-0.25, -0.2) is 4.79 Å². The Morgan fingerprint density at radius 1 is 0.932 bits per heavy atom. The van der Waals surface area contributed by atoms with Crippen molar-refractivity contribution in [2.45, 2.75) is 120 Å². The van der Waals surface area contributed by atoms with Crippen LogP contribution in [0, 0.1) is 63.1 Å². The molecular weight excluding hydrogens is 560 g/mol. The van der Waals surface area contributed by atoms with Crippen molar-refractivity contribution < 1.29 is 33.1 Å². The molecule has 0 aromatic carbocycles. The van der Waals surface area contributed by atoms with Gasteiger partial charge >= 0.3 is 17.8 Å². The zero-order valence-electron chi connectivity index (χ0n) is 27.8. The first kappa shape index (κ1) is 31.3. The number of esters is 1. The number of hydrogen-bond acceptors (Lipinski definition) is 7. The normalized spacial score (nSPS) is 44.4. The molecule has 5 aliphatic rings. The third-order valence-corrected chi connectivity index (χ3v) is 14.6. The fourth-order valence-electron chi connectivity index (χ4n) is 11.5. The van der Waals surface area contributed by atoms with Gasteiger partial charge in [0.15, 0.2) is 23.9 Å². The summed E-state index contributed by atoms with van der Waals surface area (Å²) in [4.78, 5) is 51.9. The molecule has 242 valence electrons. The molecule has 8 heteroatoms. The van der Waals surface area contributed by atoms with Crippen LogP contribution < -0.4 is 5.82 Å². The third-order valence-electron chi connectivity index (χ3n) is 14.6. The lowest BCUT2D eigenvalue weighted by Crippen LogP contribution is -2.66. The molecule has 0 amide bonds. The average molecular weight is 611 g/mol. The van der Waals surface area contributed by atoms with E-state index in [-0.39, 0.29) is 69.5 Å². The molecule has 8 nitrogen and oxygen atoms in total. The van der Waals surface area contributed by atoms with E-state index in [1.807, 2.05) is 13.0 Å². The van der Waals surface area contributed by atoms with Gasteiger partial charge in [-0.3, -0.25) is 14.4 Å². The molecule has 1 aromatic rings. The average Bonchev–Trinajstić information content (AvgIpc) is 3.25.